The van der Waals surface area contributed by atoms with Crippen molar-refractivity contribution in [2.45, 2.75) is 20.4 Å². The highest BCUT2D eigenvalue weighted by Gasteiger charge is 2.07. The molecule has 0 amide bonds. The van der Waals surface area contributed by atoms with Crippen molar-refractivity contribution in [3.8, 4) is 0 Å². The fourth-order valence-electron chi connectivity index (χ4n) is 1.65. The maximum Gasteiger partial charge on any atom is 0.133 e. The molecule has 0 atom stereocenters. The average Bonchev–Trinajstić information content (AvgIpc) is 2.25. The van der Waals surface area contributed by atoms with Gasteiger partial charge in [0, 0.05) is 31.9 Å². The second-order valence-electron chi connectivity index (χ2n) is 4.08. The van der Waals surface area contributed by atoms with Crippen molar-refractivity contribution in [2.75, 3.05) is 25.0 Å². The highest BCUT2D eigenvalue weighted by atomic mass is 15.2. The van der Waals surface area contributed by atoms with Gasteiger partial charge in [-0.15, -0.1) is 0 Å². The summed E-state index contributed by atoms with van der Waals surface area (Å²) in [5.41, 5.74) is 2.37. The van der Waals surface area contributed by atoms with Gasteiger partial charge in [-0.25, -0.2) is 4.98 Å². The van der Waals surface area contributed by atoms with Gasteiger partial charge in [0.25, 0.3) is 0 Å². The predicted octanol–water partition coefficient (Wildman–Crippen LogP) is 2.20. The van der Waals surface area contributed by atoms with Crippen LogP contribution in [0.15, 0.2) is 30.5 Å². The Labute approximate surface area is 98.2 Å². The number of nitrogens with one attached hydrogen (secondary N) is 1. The summed E-state index contributed by atoms with van der Waals surface area (Å²) >= 11 is 0. The van der Waals surface area contributed by atoms with Crippen molar-refractivity contribution in [3.05, 3.63) is 36.0 Å². The molecule has 0 aliphatic carbocycles. The number of pyridine rings is 1. The monoisotopic (exact) mass is 219 g/mol. The third-order valence-corrected chi connectivity index (χ3v) is 2.30. The molecule has 1 aromatic rings. The van der Waals surface area contributed by atoms with E-state index < -0.39 is 0 Å². The maximum atomic E-state index is 4.43. The Morgan fingerprint density at radius 2 is 2.31 bits per heavy atom. The summed E-state index contributed by atoms with van der Waals surface area (Å²) in [4.78, 5) is 6.56. The minimum absolute atomic E-state index is 0.843. The fraction of sp³-hybridized carbons (Fsp3) is 0.462. The van der Waals surface area contributed by atoms with E-state index in [2.05, 4.69) is 34.8 Å². The average molecular weight is 219 g/mol. The molecule has 16 heavy (non-hydrogen) atoms. The van der Waals surface area contributed by atoms with Crippen molar-refractivity contribution in [1.29, 1.82) is 0 Å². The molecule has 3 heteroatoms. The molecule has 0 spiro atoms. The number of hydrogen-bond donors (Lipinski definition) is 1. The van der Waals surface area contributed by atoms with Crippen LogP contribution in [0.25, 0.3) is 0 Å². The Morgan fingerprint density at radius 1 is 1.56 bits per heavy atom. The molecule has 0 saturated heterocycles. The van der Waals surface area contributed by atoms with Gasteiger partial charge in [0.1, 0.15) is 5.82 Å². The van der Waals surface area contributed by atoms with Crippen LogP contribution in [-0.2, 0) is 6.54 Å². The Morgan fingerprint density at radius 3 is 2.94 bits per heavy atom. The number of aromatic nitrogens is 1. The van der Waals surface area contributed by atoms with E-state index in [0.29, 0.717) is 0 Å². The van der Waals surface area contributed by atoms with E-state index in [9.17, 15) is 0 Å². The largest absolute Gasteiger partial charge is 0.355 e. The minimum atomic E-state index is 0.843. The van der Waals surface area contributed by atoms with Crippen LogP contribution in [0.5, 0.6) is 0 Å². The Bertz CT molecular complexity index is 347. The molecule has 0 fully saturated rings. The molecule has 1 aromatic heterocycles. The Kier molecular flexibility index (Phi) is 4.99. The first kappa shape index (κ1) is 12.7. The highest BCUT2D eigenvalue weighted by molar-refractivity contribution is 5.46. The predicted molar refractivity (Wildman–Crippen MR) is 69.7 cm³/mol. The van der Waals surface area contributed by atoms with Crippen LogP contribution in [0.1, 0.15) is 19.4 Å². The topological polar surface area (TPSA) is 28.2 Å². The standard InChI is InChI=1S/C13H21N3/c1-5-14-9-12-7-6-8-15-13(12)16(4)10-11(2)3/h6-8,14H,2,5,9-10H2,1,3-4H3. The molecular formula is C13H21N3. The molecule has 0 aliphatic heterocycles. The van der Waals surface area contributed by atoms with Crippen LogP contribution in [0.4, 0.5) is 5.82 Å². The van der Waals surface area contributed by atoms with Gasteiger partial charge in [0.15, 0.2) is 0 Å². The number of anilines is 1. The van der Waals surface area contributed by atoms with Crippen molar-refractivity contribution in [3.63, 3.8) is 0 Å². The lowest BCUT2D eigenvalue weighted by molar-refractivity contribution is 0.721. The summed E-state index contributed by atoms with van der Waals surface area (Å²) in [5.74, 6) is 1.03. The number of hydrogen-bond acceptors (Lipinski definition) is 3. The van der Waals surface area contributed by atoms with Crippen LogP contribution >= 0.6 is 0 Å². The maximum absolute atomic E-state index is 4.43. The van der Waals surface area contributed by atoms with E-state index in [4.69, 9.17) is 0 Å². The summed E-state index contributed by atoms with van der Waals surface area (Å²) in [6.07, 6.45) is 1.83. The molecule has 0 saturated carbocycles. The Hall–Kier alpha value is -1.35. The summed E-state index contributed by atoms with van der Waals surface area (Å²) < 4.78 is 0. The normalized spacial score (nSPS) is 10.2. The molecule has 1 N–H and O–H groups in total. The van der Waals surface area contributed by atoms with Crippen LogP contribution in [0.3, 0.4) is 0 Å². The summed E-state index contributed by atoms with van der Waals surface area (Å²) in [6.45, 7) is 10.7. The highest BCUT2D eigenvalue weighted by Crippen LogP contribution is 2.16. The van der Waals surface area contributed by atoms with Gasteiger partial charge in [-0.1, -0.05) is 25.1 Å². The first-order valence-corrected chi connectivity index (χ1v) is 5.65. The van der Waals surface area contributed by atoms with Gasteiger partial charge in [-0.2, -0.15) is 0 Å². The van der Waals surface area contributed by atoms with Gasteiger partial charge < -0.3 is 10.2 Å². The lowest BCUT2D eigenvalue weighted by atomic mass is 10.2. The second kappa shape index (κ2) is 6.28. The molecule has 0 aromatic carbocycles. The molecule has 1 heterocycles. The third-order valence-electron chi connectivity index (χ3n) is 2.30. The zero-order valence-electron chi connectivity index (χ0n) is 10.5. The molecule has 3 nitrogen and oxygen atoms in total. The minimum Gasteiger partial charge on any atom is -0.355 e. The van der Waals surface area contributed by atoms with Crippen molar-refractivity contribution in [1.82, 2.24) is 10.3 Å². The third kappa shape index (κ3) is 3.66. The molecule has 0 radical (unpaired) electrons. The first-order chi connectivity index (χ1) is 7.65. The molecular weight excluding hydrogens is 198 g/mol. The molecule has 1 rings (SSSR count). The lowest BCUT2D eigenvalue weighted by Gasteiger charge is -2.21. The Balaban J connectivity index is 2.80. The number of rotatable bonds is 6. The summed E-state index contributed by atoms with van der Waals surface area (Å²) in [5, 5.41) is 3.32. The van der Waals surface area contributed by atoms with E-state index in [1.807, 2.05) is 26.2 Å². The van der Waals surface area contributed by atoms with Crippen molar-refractivity contribution < 1.29 is 0 Å². The van der Waals surface area contributed by atoms with Crippen LogP contribution in [0.2, 0.25) is 0 Å². The van der Waals surface area contributed by atoms with Gasteiger partial charge in [-0.05, 0) is 19.5 Å². The first-order valence-electron chi connectivity index (χ1n) is 5.65. The van der Waals surface area contributed by atoms with Crippen LogP contribution < -0.4 is 10.2 Å². The van der Waals surface area contributed by atoms with E-state index in [1.165, 1.54) is 5.56 Å². The van der Waals surface area contributed by atoms with Gasteiger partial charge in [-0.3, -0.25) is 0 Å². The van der Waals surface area contributed by atoms with Crippen molar-refractivity contribution in [2.24, 2.45) is 0 Å². The molecule has 0 unspecified atom stereocenters. The fourth-order valence-corrected chi connectivity index (χ4v) is 1.65. The molecule has 0 aliphatic rings. The van der Waals surface area contributed by atoms with E-state index in [0.717, 1.165) is 31.0 Å². The van der Waals surface area contributed by atoms with Crippen LogP contribution in [0, 0.1) is 0 Å². The number of likely N-dealkylation sites (N-methyl/N-ethyl adjacent to an activating group) is 1. The molecule has 0 bridgehead atoms. The second-order valence-corrected chi connectivity index (χ2v) is 4.08. The smallest absolute Gasteiger partial charge is 0.133 e. The van der Waals surface area contributed by atoms with Crippen molar-refractivity contribution >= 4 is 5.82 Å². The van der Waals surface area contributed by atoms with Gasteiger partial charge in [0.2, 0.25) is 0 Å². The summed E-state index contributed by atoms with van der Waals surface area (Å²) in [6, 6.07) is 4.09. The summed E-state index contributed by atoms with van der Waals surface area (Å²) in [7, 11) is 2.05. The van der Waals surface area contributed by atoms with E-state index in [1.54, 1.807) is 0 Å². The molecule has 88 valence electrons. The quantitative estimate of drug-likeness (QED) is 0.743. The zero-order valence-corrected chi connectivity index (χ0v) is 10.5. The van der Waals surface area contributed by atoms with E-state index in [-0.39, 0.29) is 0 Å². The zero-order chi connectivity index (χ0) is 12.0. The van der Waals surface area contributed by atoms with Crippen LogP contribution in [-0.4, -0.2) is 25.1 Å². The number of nitrogens with zero attached hydrogens (tertiary/aromatic N) is 2. The van der Waals surface area contributed by atoms with E-state index >= 15 is 0 Å². The van der Waals surface area contributed by atoms with Gasteiger partial charge >= 0.3 is 0 Å². The lowest BCUT2D eigenvalue weighted by Crippen LogP contribution is -2.23. The SMILES string of the molecule is C=C(C)CN(C)c1ncccc1CNCC. The van der Waals surface area contributed by atoms with Gasteiger partial charge in [0.05, 0.1) is 0 Å².